The molecule has 3 nitrogen and oxygen atoms in total. The summed E-state index contributed by atoms with van der Waals surface area (Å²) in [4.78, 5) is 4.52. The van der Waals surface area contributed by atoms with E-state index in [4.69, 9.17) is 10.2 Å². The Morgan fingerprint density at radius 3 is 2.75 bits per heavy atom. The summed E-state index contributed by atoms with van der Waals surface area (Å²) in [6.07, 6.45) is 1.58. The molecule has 3 rings (SSSR count). The van der Waals surface area contributed by atoms with Gasteiger partial charge in [0.1, 0.15) is 5.52 Å². The minimum atomic E-state index is 0.0212. The lowest BCUT2D eigenvalue weighted by Crippen LogP contribution is -2.11. The lowest BCUT2D eigenvalue weighted by atomic mass is 10.0. The van der Waals surface area contributed by atoms with Gasteiger partial charge in [0.05, 0.1) is 0 Å². The highest BCUT2D eigenvalue weighted by Gasteiger charge is 2.10. The molecule has 0 aliphatic carbocycles. The van der Waals surface area contributed by atoms with Crippen molar-refractivity contribution in [3.8, 4) is 0 Å². The number of rotatable bonds is 4. The van der Waals surface area contributed by atoms with Gasteiger partial charge in [0.2, 0.25) is 0 Å². The maximum Gasteiger partial charge on any atom is 0.195 e. The standard InChI is InChI=1S/C17H18N2O/c1-12-7-9-16-15(11-12)19-17(20-16)10-8-14(18)13-5-3-2-4-6-13/h2-7,9,11,14H,8,10,18H2,1H3. The number of hydrogen-bond donors (Lipinski definition) is 1. The molecule has 0 radical (unpaired) electrons. The summed E-state index contributed by atoms with van der Waals surface area (Å²) in [5.41, 5.74) is 10.3. The summed E-state index contributed by atoms with van der Waals surface area (Å²) < 4.78 is 5.74. The first-order valence-electron chi connectivity index (χ1n) is 6.89. The van der Waals surface area contributed by atoms with Crippen LogP contribution in [0.4, 0.5) is 0 Å². The van der Waals surface area contributed by atoms with Gasteiger partial charge in [-0.1, -0.05) is 36.4 Å². The Hall–Kier alpha value is -2.13. The Labute approximate surface area is 118 Å². The molecule has 0 saturated heterocycles. The SMILES string of the molecule is Cc1ccc2oc(CCC(N)c3ccccc3)nc2c1. The van der Waals surface area contributed by atoms with E-state index in [0.717, 1.165) is 35.4 Å². The molecule has 3 heteroatoms. The monoisotopic (exact) mass is 266 g/mol. The third kappa shape index (κ3) is 2.73. The molecule has 0 aliphatic heterocycles. The maximum absolute atomic E-state index is 6.19. The predicted octanol–water partition coefficient (Wildman–Crippen LogP) is 3.77. The molecule has 1 unspecified atom stereocenters. The summed E-state index contributed by atoms with van der Waals surface area (Å²) in [6, 6.07) is 16.2. The first kappa shape index (κ1) is 12.9. The van der Waals surface area contributed by atoms with Crippen molar-refractivity contribution >= 4 is 11.1 Å². The van der Waals surface area contributed by atoms with E-state index in [-0.39, 0.29) is 6.04 Å². The molecule has 102 valence electrons. The van der Waals surface area contributed by atoms with Crippen molar-refractivity contribution in [1.82, 2.24) is 4.98 Å². The van der Waals surface area contributed by atoms with Gasteiger partial charge in [0.15, 0.2) is 11.5 Å². The van der Waals surface area contributed by atoms with Crippen LogP contribution in [0.2, 0.25) is 0 Å². The summed E-state index contributed by atoms with van der Waals surface area (Å²) in [5.74, 6) is 0.761. The number of nitrogens with zero attached hydrogens (tertiary/aromatic N) is 1. The Morgan fingerprint density at radius 2 is 1.95 bits per heavy atom. The summed E-state index contributed by atoms with van der Waals surface area (Å²) in [7, 11) is 0. The van der Waals surface area contributed by atoms with Gasteiger partial charge >= 0.3 is 0 Å². The quantitative estimate of drug-likeness (QED) is 0.782. The number of nitrogens with two attached hydrogens (primary N) is 1. The fraction of sp³-hybridized carbons (Fsp3) is 0.235. The van der Waals surface area contributed by atoms with Crippen molar-refractivity contribution in [2.24, 2.45) is 5.73 Å². The van der Waals surface area contributed by atoms with E-state index in [2.05, 4.69) is 24.0 Å². The molecule has 1 atom stereocenters. The number of hydrogen-bond acceptors (Lipinski definition) is 3. The first-order valence-corrected chi connectivity index (χ1v) is 6.89. The van der Waals surface area contributed by atoms with Crippen LogP contribution in [0.3, 0.4) is 0 Å². The summed E-state index contributed by atoms with van der Waals surface area (Å²) in [5, 5.41) is 0. The van der Waals surface area contributed by atoms with Crippen LogP contribution in [0.5, 0.6) is 0 Å². The highest BCUT2D eigenvalue weighted by Crippen LogP contribution is 2.20. The molecular formula is C17H18N2O. The zero-order chi connectivity index (χ0) is 13.9. The molecule has 0 fully saturated rings. The van der Waals surface area contributed by atoms with Gasteiger partial charge in [-0.2, -0.15) is 0 Å². The second-order valence-electron chi connectivity index (χ2n) is 5.13. The van der Waals surface area contributed by atoms with Crippen LogP contribution in [0.1, 0.15) is 29.5 Å². The van der Waals surface area contributed by atoms with Crippen LogP contribution in [-0.2, 0) is 6.42 Å². The second kappa shape index (κ2) is 5.47. The second-order valence-corrected chi connectivity index (χ2v) is 5.13. The first-order chi connectivity index (χ1) is 9.72. The highest BCUT2D eigenvalue weighted by atomic mass is 16.3. The van der Waals surface area contributed by atoms with Crippen molar-refractivity contribution < 1.29 is 4.42 Å². The molecule has 0 spiro atoms. The van der Waals surface area contributed by atoms with Crippen LogP contribution >= 0.6 is 0 Å². The average molecular weight is 266 g/mol. The van der Waals surface area contributed by atoms with Crippen molar-refractivity contribution in [2.45, 2.75) is 25.8 Å². The van der Waals surface area contributed by atoms with Gasteiger partial charge in [0.25, 0.3) is 0 Å². The number of benzene rings is 2. The lowest BCUT2D eigenvalue weighted by Gasteiger charge is -2.09. The summed E-state index contributed by atoms with van der Waals surface area (Å²) >= 11 is 0. The predicted molar refractivity (Wildman–Crippen MR) is 80.4 cm³/mol. The van der Waals surface area contributed by atoms with Gasteiger partial charge < -0.3 is 10.2 Å². The Morgan fingerprint density at radius 1 is 1.15 bits per heavy atom. The normalized spacial score (nSPS) is 12.7. The zero-order valence-electron chi connectivity index (χ0n) is 11.5. The Balaban J connectivity index is 1.71. The molecule has 1 heterocycles. The number of aromatic nitrogens is 1. The molecule has 0 aliphatic rings. The van der Waals surface area contributed by atoms with Crippen LogP contribution < -0.4 is 5.73 Å². The van der Waals surface area contributed by atoms with E-state index >= 15 is 0 Å². The van der Waals surface area contributed by atoms with E-state index in [1.807, 2.05) is 36.4 Å². The minimum Gasteiger partial charge on any atom is -0.441 e. The van der Waals surface area contributed by atoms with Crippen molar-refractivity contribution in [3.63, 3.8) is 0 Å². The molecule has 0 saturated carbocycles. The van der Waals surface area contributed by atoms with E-state index in [9.17, 15) is 0 Å². The molecule has 3 aromatic rings. The molecule has 2 N–H and O–H groups in total. The van der Waals surface area contributed by atoms with Gasteiger partial charge in [-0.25, -0.2) is 4.98 Å². The molecule has 0 amide bonds. The van der Waals surface area contributed by atoms with Crippen molar-refractivity contribution in [2.75, 3.05) is 0 Å². The van der Waals surface area contributed by atoms with Gasteiger partial charge in [-0.05, 0) is 36.6 Å². The molecule has 0 bridgehead atoms. The van der Waals surface area contributed by atoms with Crippen LogP contribution in [-0.4, -0.2) is 4.98 Å². The van der Waals surface area contributed by atoms with E-state index in [0.29, 0.717) is 0 Å². The fourth-order valence-corrected chi connectivity index (χ4v) is 2.34. The lowest BCUT2D eigenvalue weighted by molar-refractivity contribution is 0.501. The van der Waals surface area contributed by atoms with Crippen molar-refractivity contribution in [3.05, 3.63) is 65.5 Å². The minimum absolute atomic E-state index is 0.0212. The summed E-state index contributed by atoms with van der Waals surface area (Å²) in [6.45, 7) is 2.05. The van der Waals surface area contributed by atoms with Gasteiger partial charge in [0, 0.05) is 12.5 Å². The Kier molecular flexibility index (Phi) is 3.52. The molecule has 20 heavy (non-hydrogen) atoms. The number of fused-ring (bicyclic) bond motifs is 1. The largest absolute Gasteiger partial charge is 0.441 e. The van der Waals surface area contributed by atoms with E-state index < -0.39 is 0 Å². The topological polar surface area (TPSA) is 52.0 Å². The van der Waals surface area contributed by atoms with Gasteiger partial charge in [-0.15, -0.1) is 0 Å². The fourth-order valence-electron chi connectivity index (χ4n) is 2.34. The van der Waals surface area contributed by atoms with E-state index in [1.54, 1.807) is 0 Å². The molecular weight excluding hydrogens is 248 g/mol. The third-order valence-corrected chi connectivity index (χ3v) is 3.48. The Bertz CT molecular complexity index is 703. The number of oxazole rings is 1. The molecule has 2 aromatic carbocycles. The van der Waals surface area contributed by atoms with E-state index in [1.165, 1.54) is 5.56 Å². The highest BCUT2D eigenvalue weighted by molar-refractivity contribution is 5.73. The smallest absolute Gasteiger partial charge is 0.195 e. The molecule has 1 aromatic heterocycles. The number of aryl methyl sites for hydroxylation is 2. The zero-order valence-corrected chi connectivity index (χ0v) is 11.5. The van der Waals surface area contributed by atoms with Crippen LogP contribution in [0.15, 0.2) is 52.9 Å². The maximum atomic E-state index is 6.19. The third-order valence-electron chi connectivity index (χ3n) is 3.48. The van der Waals surface area contributed by atoms with Gasteiger partial charge in [-0.3, -0.25) is 0 Å². The average Bonchev–Trinajstić information content (AvgIpc) is 2.87. The van der Waals surface area contributed by atoms with Crippen LogP contribution in [0.25, 0.3) is 11.1 Å². The van der Waals surface area contributed by atoms with Crippen molar-refractivity contribution in [1.29, 1.82) is 0 Å². The van der Waals surface area contributed by atoms with Crippen LogP contribution in [0, 0.1) is 6.92 Å².